The molecule has 92 valence electrons. The van der Waals surface area contributed by atoms with E-state index in [1.807, 2.05) is 13.0 Å². The maximum Gasteiger partial charge on any atom is 0.339 e. The summed E-state index contributed by atoms with van der Waals surface area (Å²) in [6, 6.07) is 3.46. The number of ether oxygens (including phenoxy) is 1. The van der Waals surface area contributed by atoms with Crippen LogP contribution in [0, 0.1) is 12.8 Å². The average Bonchev–Trinajstić information content (AvgIpc) is 3.04. The van der Waals surface area contributed by atoms with E-state index >= 15 is 0 Å². The Morgan fingerprint density at radius 2 is 2.24 bits per heavy atom. The van der Waals surface area contributed by atoms with Crippen molar-refractivity contribution in [1.29, 1.82) is 0 Å². The predicted octanol–water partition coefficient (Wildman–Crippen LogP) is 3.63. The Morgan fingerprint density at radius 1 is 1.53 bits per heavy atom. The van der Waals surface area contributed by atoms with Crippen LogP contribution in [-0.4, -0.2) is 17.7 Å². The summed E-state index contributed by atoms with van der Waals surface area (Å²) in [5, 5.41) is 9.13. The summed E-state index contributed by atoms with van der Waals surface area (Å²) in [5.74, 6) is 0.344. The second-order valence-corrected chi connectivity index (χ2v) is 5.40. The molecule has 4 heteroatoms. The molecule has 0 unspecified atom stereocenters. The summed E-state index contributed by atoms with van der Waals surface area (Å²) in [6.45, 7) is 2.47. The second-order valence-electron chi connectivity index (χ2n) is 4.49. The first kappa shape index (κ1) is 12.4. The molecule has 0 aliphatic heterocycles. The Labute approximate surface area is 109 Å². The van der Waals surface area contributed by atoms with Gasteiger partial charge in [0.2, 0.25) is 0 Å². The van der Waals surface area contributed by atoms with E-state index in [0.29, 0.717) is 12.4 Å². The zero-order valence-corrected chi connectivity index (χ0v) is 11.3. The number of benzene rings is 1. The van der Waals surface area contributed by atoms with Crippen LogP contribution in [0.1, 0.15) is 35.2 Å². The molecule has 0 amide bonds. The van der Waals surface area contributed by atoms with Gasteiger partial charge in [-0.2, -0.15) is 0 Å². The minimum Gasteiger partial charge on any atom is -0.492 e. The molecule has 0 atom stereocenters. The van der Waals surface area contributed by atoms with Crippen molar-refractivity contribution in [3.05, 3.63) is 27.7 Å². The smallest absolute Gasteiger partial charge is 0.339 e. The third-order valence-corrected chi connectivity index (χ3v) is 3.40. The van der Waals surface area contributed by atoms with Crippen LogP contribution in [0.5, 0.6) is 5.75 Å². The Kier molecular flexibility index (Phi) is 3.72. The first-order valence-electron chi connectivity index (χ1n) is 5.74. The highest BCUT2D eigenvalue weighted by Crippen LogP contribution is 2.33. The van der Waals surface area contributed by atoms with Gasteiger partial charge < -0.3 is 9.84 Å². The van der Waals surface area contributed by atoms with Gasteiger partial charge in [0, 0.05) is 4.47 Å². The van der Waals surface area contributed by atoms with Crippen molar-refractivity contribution in [2.45, 2.75) is 26.2 Å². The van der Waals surface area contributed by atoms with Gasteiger partial charge in [-0.05, 0) is 37.0 Å². The van der Waals surface area contributed by atoms with Crippen LogP contribution in [0.3, 0.4) is 0 Å². The highest BCUT2D eigenvalue weighted by Gasteiger charge is 2.21. The Morgan fingerprint density at radius 3 is 2.82 bits per heavy atom. The summed E-state index contributed by atoms with van der Waals surface area (Å²) >= 11 is 3.30. The Balaban J connectivity index is 2.14. The van der Waals surface area contributed by atoms with Crippen molar-refractivity contribution in [2.24, 2.45) is 5.92 Å². The first-order chi connectivity index (χ1) is 8.08. The standard InChI is InChI=1S/C13H15BrO3/c1-8-6-10(14)7-11(13(15)16)12(8)17-5-4-9-2-3-9/h6-7,9H,2-5H2,1H3,(H,15,16). The van der Waals surface area contributed by atoms with Gasteiger partial charge in [0.1, 0.15) is 11.3 Å². The molecule has 1 aromatic rings. The van der Waals surface area contributed by atoms with E-state index in [4.69, 9.17) is 9.84 Å². The topological polar surface area (TPSA) is 46.5 Å². The monoisotopic (exact) mass is 298 g/mol. The molecule has 1 saturated carbocycles. The molecule has 1 aromatic carbocycles. The highest BCUT2D eigenvalue weighted by atomic mass is 79.9. The van der Waals surface area contributed by atoms with Gasteiger partial charge in [-0.1, -0.05) is 28.8 Å². The molecule has 0 saturated heterocycles. The number of carbonyl (C=O) groups is 1. The van der Waals surface area contributed by atoms with Gasteiger partial charge in [0.25, 0.3) is 0 Å². The molecule has 0 spiro atoms. The number of aryl methyl sites for hydroxylation is 1. The van der Waals surface area contributed by atoms with Crippen LogP contribution in [0.15, 0.2) is 16.6 Å². The van der Waals surface area contributed by atoms with Crippen molar-refractivity contribution in [3.8, 4) is 5.75 Å². The maximum atomic E-state index is 11.1. The molecule has 1 N–H and O–H groups in total. The summed E-state index contributed by atoms with van der Waals surface area (Å²) in [4.78, 5) is 11.1. The average molecular weight is 299 g/mol. The largest absolute Gasteiger partial charge is 0.492 e. The predicted molar refractivity (Wildman–Crippen MR) is 68.7 cm³/mol. The highest BCUT2D eigenvalue weighted by molar-refractivity contribution is 9.10. The minimum atomic E-state index is -0.948. The molecule has 0 aromatic heterocycles. The number of aromatic carboxylic acids is 1. The quantitative estimate of drug-likeness (QED) is 0.903. The van der Waals surface area contributed by atoms with Crippen molar-refractivity contribution in [1.82, 2.24) is 0 Å². The lowest BCUT2D eigenvalue weighted by Gasteiger charge is -2.12. The third kappa shape index (κ3) is 3.22. The fourth-order valence-electron chi connectivity index (χ4n) is 1.81. The number of rotatable bonds is 5. The SMILES string of the molecule is Cc1cc(Br)cc(C(=O)O)c1OCCC1CC1. The van der Waals surface area contributed by atoms with E-state index in [-0.39, 0.29) is 5.56 Å². The van der Waals surface area contributed by atoms with E-state index in [1.54, 1.807) is 6.07 Å². The van der Waals surface area contributed by atoms with E-state index in [1.165, 1.54) is 12.8 Å². The lowest BCUT2D eigenvalue weighted by atomic mass is 10.1. The third-order valence-electron chi connectivity index (χ3n) is 2.94. The fraction of sp³-hybridized carbons (Fsp3) is 0.462. The van der Waals surface area contributed by atoms with Crippen molar-refractivity contribution in [3.63, 3.8) is 0 Å². The Hall–Kier alpha value is -1.03. The van der Waals surface area contributed by atoms with Crippen LogP contribution >= 0.6 is 15.9 Å². The number of carboxylic acids is 1. The molecule has 3 nitrogen and oxygen atoms in total. The van der Waals surface area contributed by atoms with E-state index < -0.39 is 5.97 Å². The molecular weight excluding hydrogens is 284 g/mol. The van der Waals surface area contributed by atoms with Crippen LogP contribution < -0.4 is 4.74 Å². The molecule has 1 aliphatic rings. The van der Waals surface area contributed by atoms with Gasteiger partial charge in [-0.15, -0.1) is 0 Å². The van der Waals surface area contributed by atoms with Gasteiger partial charge in [-0.3, -0.25) is 0 Å². The van der Waals surface area contributed by atoms with Crippen molar-refractivity contribution in [2.75, 3.05) is 6.61 Å². The summed E-state index contributed by atoms with van der Waals surface area (Å²) in [5.41, 5.74) is 1.08. The van der Waals surface area contributed by atoms with E-state index in [9.17, 15) is 4.79 Å². The van der Waals surface area contributed by atoms with E-state index in [2.05, 4.69) is 15.9 Å². The second kappa shape index (κ2) is 5.08. The zero-order chi connectivity index (χ0) is 12.4. The van der Waals surface area contributed by atoms with Gasteiger partial charge in [0.15, 0.2) is 0 Å². The van der Waals surface area contributed by atoms with Gasteiger partial charge in [-0.25, -0.2) is 4.79 Å². The number of hydrogen-bond acceptors (Lipinski definition) is 2. The molecule has 1 aliphatic carbocycles. The Bertz CT molecular complexity index is 439. The molecule has 2 rings (SSSR count). The van der Waals surface area contributed by atoms with Crippen molar-refractivity contribution >= 4 is 21.9 Å². The van der Waals surface area contributed by atoms with E-state index in [0.717, 1.165) is 22.4 Å². The number of halogens is 1. The molecular formula is C13H15BrO3. The van der Waals surface area contributed by atoms with Crippen LogP contribution in [0.4, 0.5) is 0 Å². The number of carboxylic acid groups (broad SMARTS) is 1. The maximum absolute atomic E-state index is 11.1. The summed E-state index contributed by atoms with van der Waals surface area (Å²) in [7, 11) is 0. The molecule has 1 fully saturated rings. The van der Waals surface area contributed by atoms with Gasteiger partial charge >= 0.3 is 5.97 Å². The zero-order valence-electron chi connectivity index (χ0n) is 9.70. The van der Waals surface area contributed by atoms with Crippen LogP contribution in [0.25, 0.3) is 0 Å². The van der Waals surface area contributed by atoms with Crippen LogP contribution in [0.2, 0.25) is 0 Å². The minimum absolute atomic E-state index is 0.229. The van der Waals surface area contributed by atoms with Gasteiger partial charge in [0.05, 0.1) is 6.61 Å². The molecule has 0 radical (unpaired) electrons. The molecule has 0 heterocycles. The lowest BCUT2D eigenvalue weighted by molar-refractivity contribution is 0.0692. The first-order valence-corrected chi connectivity index (χ1v) is 6.53. The molecule has 0 bridgehead atoms. The number of hydrogen-bond donors (Lipinski definition) is 1. The molecule has 17 heavy (non-hydrogen) atoms. The van der Waals surface area contributed by atoms with Crippen LogP contribution in [-0.2, 0) is 0 Å². The van der Waals surface area contributed by atoms with Crippen molar-refractivity contribution < 1.29 is 14.6 Å². The fourth-order valence-corrected chi connectivity index (χ4v) is 2.39. The summed E-state index contributed by atoms with van der Waals surface area (Å²) in [6.07, 6.45) is 3.59. The summed E-state index contributed by atoms with van der Waals surface area (Å²) < 4.78 is 6.40. The normalized spacial score (nSPS) is 14.7. The lowest BCUT2D eigenvalue weighted by Crippen LogP contribution is -2.06.